The van der Waals surface area contributed by atoms with Crippen LogP contribution in [0.15, 0.2) is 41.3 Å². The second-order valence-corrected chi connectivity index (χ2v) is 6.66. The van der Waals surface area contributed by atoms with E-state index in [9.17, 15) is 9.59 Å². The molecule has 0 heterocycles. The van der Waals surface area contributed by atoms with Gasteiger partial charge >= 0.3 is 5.97 Å². The molecular weight excluding hydrogens is 336 g/mol. The van der Waals surface area contributed by atoms with Gasteiger partial charge in [-0.3, -0.25) is 4.79 Å². The molecule has 0 spiro atoms. The summed E-state index contributed by atoms with van der Waals surface area (Å²) in [5.74, 6) is -0.368. The minimum absolute atomic E-state index is 0.226. The van der Waals surface area contributed by atoms with Crippen molar-refractivity contribution in [1.82, 2.24) is 0 Å². The third kappa shape index (κ3) is 4.42. The standard InChI is InChI=1S/C20H22O4S/c1-12-6-7-15(10-13(12)2)19(21)14(3)24-20(22)17-9-8-16(25-5)11-18(17)23-4/h6-11,14H,1-5H3/t14-/m0/s1. The number of methoxy groups -OCH3 is 1. The smallest absolute Gasteiger partial charge is 0.342 e. The van der Waals surface area contributed by atoms with E-state index >= 15 is 0 Å². The van der Waals surface area contributed by atoms with Gasteiger partial charge in [-0.2, -0.15) is 0 Å². The van der Waals surface area contributed by atoms with Crippen LogP contribution in [0.1, 0.15) is 38.8 Å². The maximum Gasteiger partial charge on any atom is 0.342 e. The highest BCUT2D eigenvalue weighted by Crippen LogP contribution is 2.26. The van der Waals surface area contributed by atoms with Crippen molar-refractivity contribution in [1.29, 1.82) is 0 Å². The van der Waals surface area contributed by atoms with E-state index in [0.29, 0.717) is 16.9 Å². The van der Waals surface area contributed by atoms with Gasteiger partial charge in [0.05, 0.1) is 7.11 Å². The molecule has 0 saturated heterocycles. The molecule has 0 fully saturated rings. The van der Waals surface area contributed by atoms with Gasteiger partial charge in [0, 0.05) is 10.5 Å². The molecule has 0 aliphatic heterocycles. The second-order valence-electron chi connectivity index (χ2n) is 5.78. The van der Waals surface area contributed by atoms with Gasteiger partial charge in [0.25, 0.3) is 0 Å². The number of hydrogen-bond acceptors (Lipinski definition) is 5. The molecule has 0 radical (unpaired) electrons. The molecule has 0 aliphatic rings. The van der Waals surface area contributed by atoms with Crippen molar-refractivity contribution >= 4 is 23.5 Å². The number of ether oxygens (including phenoxy) is 2. The molecule has 1 atom stereocenters. The minimum Gasteiger partial charge on any atom is -0.496 e. The first-order chi connectivity index (χ1) is 11.9. The zero-order valence-corrected chi connectivity index (χ0v) is 15.9. The molecule has 2 rings (SSSR count). The molecule has 25 heavy (non-hydrogen) atoms. The Hall–Kier alpha value is -2.27. The van der Waals surface area contributed by atoms with Crippen molar-refractivity contribution in [2.24, 2.45) is 0 Å². The number of Topliss-reactive ketones (excluding diaryl/α,β-unsaturated/α-hetero) is 1. The predicted octanol–water partition coefficient (Wildman–Crippen LogP) is 4.46. The monoisotopic (exact) mass is 358 g/mol. The summed E-state index contributed by atoms with van der Waals surface area (Å²) >= 11 is 1.55. The van der Waals surface area contributed by atoms with E-state index in [1.165, 1.54) is 7.11 Å². The highest BCUT2D eigenvalue weighted by Gasteiger charge is 2.22. The van der Waals surface area contributed by atoms with Gasteiger partial charge in [0.1, 0.15) is 11.3 Å². The second kappa shape index (κ2) is 8.21. The number of carbonyl (C=O) groups is 2. The summed E-state index contributed by atoms with van der Waals surface area (Å²) in [6.07, 6.45) is 1.07. The Balaban J connectivity index is 2.16. The quantitative estimate of drug-likeness (QED) is 0.433. The molecule has 132 valence electrons. The van der Waals surface area contributed by atoms with E-state index in [1.54, 1.807) is 36.9 Å². The van der Waals surface area contributed by atoms with E-state index in [2.05, 4.69) is 0 Å². The Labute approximate surface area is 152 Å². The van der Waals surface area contributed by atoms with Crippen LogP contribution in [0.2, 0.25) is 0 Å². The number of esters is 1. The number of hydrogen-bond donors (Lipinski definition) is 0. The van der Waals surface area contributed by atoms with Crippen LogP contribution in [-0.2, 0) is 4.74 Å². The van der Waals surface area contributed by atoms with Crippen molar-refractivity contribution in [2.75, 3.05) is 13.4 Å². The molecule has 2 aromatic rings. The predicted molar refractivity (Wildman–Crippen MR) is 99.9 cm³/mol. The van der Waals surface area contributed by atoms with Crippen LogP contribution >= 0.6 is 11.8 Å². The Morgan fingerprint density at radius 3 is 2.36 bits per heavy atom. The SMILES string of the molecule is COc1cc(SC)ccc1C(=O)O[C@@H](C)C(=O)c1ccc(C)c(C)c1. The van der Waals surface area contributed by atoms with Gasteiger partial charge in [-0.05, 0) is 62.4 Å². The lowest BCUT2D eigenvalue weighted by atomic mass is 10.0. The number of aryl methyl sites for hydroxylation is 2. The summed E-state index contributed by atoms with van der Waals surface area (Å²) in [7, 11) is 1.50. The Kier molecular flexibility index (Phi) is 6.26. The first-order valence-electron chi connectivity index (χ1n) is 7.91. The summed E-state index contributed by atoms with van der Waals surface area (Å²) in [5, 5.41) is 0. The maximum absolute atomic E-state index is 12.5. The van der Waals surface area contributed by atoms with Gasteiger partial charge < -0.3 is 9.47 Å². The maximum atomic E-state index is 12.5. The lowest BCUT2D eigenvalue weighted by molar-refractivity contribution is 0.0316. The van der Waals surface area contributed by atoms with Crippen LogP contribution in [0.25, 0.3) is 0 Å². The van der Waals surface area contributed by atoms with Gasteiger partial charge in [-0.1, -0.05) is 12.1 Å². The van der Waals surface area contributed by atoms with E-state index < -0.39 is 12.1 Å². The molecule has 0 saturated carbocycles. The Morgan fingerprint density at radius 2 is 1.76 bits per heavy atom. The number of carbonyl (C=O) groups excluding carboxylic acids is 2. The Bertz CT molecular complexity index is 798. The lowest BCUT2D eigenvalue weighted by Crippen LogP contribution is -2.24. The summed E-state index contributed by atoms with van der Waals surface area (Å²) < 4.78 is 10.6. The van der Waals surface area contributed by atoms with Gasteiger partial charge in [0.2, 0.25) is 5.78 Å². The van der Waals surface area contributed by atoms with Crippen molar-refractivity contribution in [3.63, 3.8) is 0 Å². The molecule has 0 N–H and O–H groups in total. The van der Waals surface area contributed by atoms with Gasteiger partial charge in [-0.25, -0.2) is 4.79 Å². The fourth-order valence-electron chi connectivity index (χ4n) is 2.37. The zero-order chi connectivity index (χ0) is 18.6. The van der Waals surface area contributed by atoms with Crippen molar-refractivity contribution in [3.8, 4) is 5.75 Å². The molecule has 0 bridgehead atoms. The highest BCUT2D eigenvalue weighted by molar-refractivity contribution is 7.98. The molecule has 0 amide bonds. The number of rotatable bonds is 6. The topological polar surface area (TPSA) is 52.6 Å². The number of ketones is 1. The van der Waals surface area contributed by atoms with Crippen molar-refractivity contribution in [2.45, 2.75) is 31.8 Å². The van der Waals surface area contributed by atoms with Crippen LogP contribution in [-0.4, -0.2) is 31.2 Å². The zero-order valence-electron chi connectivity index (χ0n) is 15.1. The first kappa shape index (κ1) is 19.1. The summed E-state index contributed by atoms with van der Waals surface area (Å²) in [5.41, 5.74) is 2.98. The largest absolute Gasteiger partial charge is 0.496 e. The van der Waals surface area contributed by atoms with E-state index in [4.69, 9.17) is 9.47 Å². The van der Waals surface area contributed by atoms with E-state index in [0.717, 1.165) is 16.0 Å². The average Bonchev–Trinajstić information content (AvgIpc) is 2.62. The van der Waals surface area contributed by atoms with E-state index in [1.807, 2.05) is 38.3 Å². The molecular formula is C20H22O4S. The number of thioether (sulfide) groups is 1. The minimum atomic E-state index is -0.875. The van der Waals surface area contributed by atoms with Crippen molar-refractivity contribution in [3.05, 3.63) is 58.7 Å². The molecule has 0 aliphatic carbocycles. The molecule has 5 heteroatoms. The summed E-state index contributed by atoms with van der Waals surface area (Å²) in [4.78, 5) is 25.9. The first-order valence-corrected chi connectivity index (χ1v) is 9.14. The summed E-state index contributed by atoms with van der Waals surface area (Å²) in [6.45, 7) is 5.51. The number of benzene rings is 2. The van der Waals surface area contributed by atoms with Crippen LogP contribution in [0.4, 0.5) is 0 Å². The van der Waals surface area contributed by atoms with Gasteiger partial charge in [-0.15, -0.1) is 11.8 Å². The molecule has 4 nitrogen and oxygen atoms in total. The average molecular weight is 358 g/mol. The molecule has 0 aromatic heterocycles. The lowest BCUT2D eigenvalue weighted by Gasteiger charge is -2.15. The highest BCUT2D eigenvalue weighted by atomic mass is 32.2. The van der Waals surface area contributed by atoms with E-state index in [-0.39, 0.29) is 5.78 Å². The van der Waals surface area contributed by atoms with Crippen molar-refractivity contribution < 1.29 is 19.1 Å². The third-order valence-corrected chi connectivity index (χ3v) is 4.80. The normalized spacial score (nSPS) is 11.7. The van der Waals surface area contributed by atoms with Crippen LogP contribution in [0.3, 0.4) is 0 Å². The van der Waals surface area contributed by atoms with Gasteiger partial charge in [0.15, 0.2) is 6.10 Å². The Morgan fingerprint density at radius 1 is 1.04 bits per heavy atom. The fraction of sp³-hybridized carbons (Fsp3) is 0.300. The van der Waals surface area contributed by atoms with Crippen LogP contribution < -0.4 is 4.74 Å². The summed E-state index contributed by atoms with van der Waals surface area (Å²) in [6, 6.07) is 10.7. The van der Waals surface area contributed by atoms with Crippen LogP contribution in [0, 0.1) is 13.8 Å². The van der Waals surface area contributed by atoms with Crippen LogP contribution in [0.5, 0.6) is 5.75 Å². The molecule has 2 aromatic carbocycles. The third-order valence-electron chi connectivity index (χ3n) is 4.07. The fourth-order valence-corrected chi connectivity index (χ4v) is 2.80. The molecule has 0 unspecified atom stereocenters.